The smallest absolute Gasteiger partial charge is 0.157 e. The van der Waals surface area contributed by atoms with Gasteiger partial charge in [-0.15, -0.1) is 0 Å². The molecule has 1 atom stereocenters. The molecule has 0 amide bonds. The topological polar surface area (TPSA) is 93.0 Å². The molecular formula is C28H33NO4. The molecule has 0 aliphatic carbocycles. The predicted molar refractivity (Wildman–Crippen MR) is 132 cm³/mol. The van der Waals surface area contributed by atoms with E-state index in [9.17, 15) is 20.4 Å². The highest BCUT2D eigenvalue weighted by Gasteiger charge is 2.10. The summed E-state index contributed by atoms with van der Waals surface area (Å²) in [5.74, 6) is 0.357. The van der Waals surface area contributed by atoms with Gasteiger partial charge in [-0.05, 0) is 98.7 Å². The number of aromatic hydroxyl groups is 4. The van der Waals surface area contributed by atoms with E-state index in [2.05, 4.69) is 18.3 Å². The summed E-state index contributed by atoms with van der Waals surface area (Å²) in [6, 6.07) is 19.9. The van der Waals surface area contributed by atoms with Gasteiger partial charge in [-0.25, -0.2) is 0 Å². The Balaban J connectivity index is 1.58. The van der Waals surface area contributed by atoms with E-state index in [1.54, 1.807) is 30.3 Å². The molecule has 5 nitrogen and oxygen atoms in total. The summed E-state index contributed by atoms with van der Waals surface area (Å²) >= 11 is 0. The lowest BCUT2D eigenvalue weighted by Crippen LogP contribution is -2.31. The van der Waals surface area contributed by atoms with Crippen LogP contribution in [0.5, 0.6) is 23.0 Å². The van der Waals surface area contributed by atoms with Gasteiger partial charge in [0.1, 0.15) is 11.5 Å². The molecule has 0 saturated carbocycles. The Kier molecular flexibility index (Phi) is 8.79. The van der Waals surface area contributed by atoms with Gasteiger partial charge in [0.25, 0.3) is 0 Å². The fraction of sp³-hybridized carbons (Fsp3) is 0.286. The molecule has 5 N–H and O–H groups in total. The van der Waals surface area contributed by atoms with Crippen LogP contribution in [0.2, 0.25) is 0 Å². The van der Waals surface area contributed by atoms with Gasteiger partial charge < -0.3 is 25.7 Å². The second-order valence-corrected chi connectivity index (χ2v) is 8.55. The lowest BCUT2D eigenvalue weighted by molar-refractivity contribution is 0.403. The Morgan fingerprint density at radius 1 is 0.758 bits per heavy atom. The van der Waals surface area contributed by atoms with Gasteiger partial charge in [0.2, 0.25) is 0 Å². The molecule has 3 rings (SSSR count). The molecule has 0 aliphatic heterocycles. The number of rotatable bonds is 11. The molecular weight excluding hydrogens is 414 g/mol. The van der Waals surface area contributed by atoms with Gasteiger partial charge in [0.15, 0.2) is 11.5 Å². The molecule has 0 spiro atoms. The maximum absolute atomic E-state index is 9.72. The van der Waals surface area contributed by atoms with Crippen molar-refractivity contribution in [2.45, 2.75) is 45.1 Å². The van der Waals surface area contributed by atoms with Crippen LogP contribution in [0, 0.1) is 0 Å². The second-order valence-electron chi connectivity index (χ2n) is 8.55. The van der Waals surface area contributed by atoms with Crippen molar-refractivity contribution in [1.82, 2.24) is 5.32 Å². The second kappa shape index (κ2) is 12.0. The van der Waals surface area contributed by atoms with Gasteiger partial charge in [-0.3, -0.25) is 0 Å². The third-order valence-corrected chi connectivity index (χ3v) is 5.80. The van der Waals surface area contributed by atoms with Crippen molar-refractivity contribution in [2.75, 3.05) is 6.54 Å². The third kappa shape index (κ3) is 8.20. The average Bonchev–Trinajstić information content (AvgIpc) is 2.80. The molecule has 3 aromatic rings. The van der Waals surface area contributed by atoms with Crippen molar-refractivity contribution < 1.29 is 20.4 Å². The molecule has 5 heteroatoms. The van der Waals surface area contributed by atoms with E-state index in [4.69, 9.17) is 0 Å². The number of aryl methyl sites for hydroxylation is 1. The van der Waals surface area contributed by atoms with Crippen LogP contribution in [0.15, 0.2) is 78.4 Å². The first kappa shape index (κ1) is 24.2. The highest BCUT2D eigenvalue weighted by atomic mass is 16.3. The molecule has 0 aliphatic rings. The maximum Gasteiger partial charge on any atom is 0.157 e. The van der Waals surface area contributed by atoms with Gasteiger partial charge in [0, 0.05) is 6.04 Å². The number of hydrogen-bond acceptors (Lipinski definition) is 5. The minimum Gasteiger partial charge on any atom is -0.508 e. The minimum atomic E-state index is -0.104. The first-order chi connectivity index (χ1) is 15.9. The lowest BCUT2D eigenvalue weighted by atomic mass is 9.98. The van der Waals surface area contributed by atoms with E-state index in [-0.39, 0.29) is 29.0 Å². The molecule has 33 heavy (non-hydrogen) atoms. The Labute approximate surface area is 195 Å². The largest absolute Gasteiger partial charge is 0.508 e. The molecule has 0 saturated heterocycles. The van der Waals surface area contributed by atoms with Crippen molar-refractivity contribution in [3.8, 4) is 23.0 Å². The average molecular weight is 448 g/mol. The normalized spacial score (nSPS) is 12.6. The molecule has 3 aromatic carbocycles. The number of phenolic OH excluding ortho intramolecular Hbond substituents is 4. The molecule has 174 valence electrons. The zero-order valence-corrected chi connectivity index (χ0v) is 19.0. The Bertz CT molecular complexity index is 1040. The maximum atomic E-state index is 9.72. The number of hydrogen-bond donors (Lipinski definition) is 5. The summed E-state index contributed by atoms with van der Waals surface area (Å²) in [6.07, 6.45) is 6.58. The first-order valence-electron chi connectivity index (χ1n) is 11.3. The van der Waals surface area contributed by atoms with Crippen LogP contribution >= 0.6 is 0 Å². The summed E-state index contributed by atoms with van der Waals surface area (Å²) < 4.78 is 0. The SMILES string of the molecule is C/C(=C\Cc1ccc(O)cc1)CC(CCc1ccc(O)cc1)NCCc1ccc(O)c(O)c1. The Morgan fingerprint density at radius 2 is 1.36 bits per heavy atom. The summed E-state index contributed by atoms with van der Waals surface area (Å²) in [5.41, 5.74) is 4.62. The molecule has 0 fully saturated rings. The third-order valence-electron chi connectivity index (χ3n) is 5.80. The number of phenols is 4. The molecule has 0 aromatic heterocycles. The predicted octanol–water partition coefficient (Wildman–Crippen LogP) is 5.22. The van der Waals surface area contributed by atoms with E-state index in [1.807, 2.05) is 30.3 Å². The fourth-order valence-corrected chi connectivity index (χ4v) is 3.82. The Hall–Kier alpha value is -3.44. The molecule has 1 unspecified atom stereocenters. The van der Waals surface area contributed by atoms with Gasteiger partial charge in [-0.2, -0.15) is 0 Å². The van der Waals surface area contributed by atoms with E-state index < -0.39 is 0 Å². The van der Waals surface area contributed by atoms with Crippen LogP contribution in [0.1, 0.15) is 36.5 Å². The standard InChI is InChI=1S/C28H33NO4/c1-20(2-3-21-5-11-25(30)12-6-21)18-24(10-4-22-7-13-26(31)14-8-22)29-17-16-23-9-15-27(32)28(33)19-23/h2,5-9,11-15,19,24,29-33H,3-4,10,16-18H2,1H3/b20-2+. The summed E-state index contributed by atoms with van der Waals surface area (Å²) in [7, 11) is 0. The summed E-state index contributed by atoms with van der Waals surface area (Å²) in [5, 5.41) is 41.8. The van der Waals surface area contributed by atoms with E-state index in [0.717, 1.165) is 49.8 Å². The van der Waals surface area contributed by atoms with E-state index in [1.165, 1.54) is 17.2 Å². The van der Waals surface area contributed by atoms with Crippen molar-refractivity contribution in [1.29, 1.82) is 0 Å². The number of nitrogens with one attached hydrogen (secondary N) is 1. The van der Waals surface area contributed by atoms with Crippen molar-refractivity contribution in [3.63, 3.8) is 0 Å². The molecule has 0 radical (unpaired) electrons. The van der Waals surface area contributed by atoms with Gasteiger partial charge in [-0.1, -0.05) is 42.0 Å². The van der Waals surface area contributed by atoms with Crippen LogP contribution in [0.25, 0.3) is 0 Å². The molecule has 0 bridgehead atoms. The van der Waals surface area contributed by atoms with Gasteiger partial charge in [0.05, 0.1) is 0 Å². The molecule has 0 heterocycles. The van der Waals surface area contributed by atoms with Crippen LogP contribution in [0.4, 0.5) is 0 Å². The van der Waals surface area contributed by atoms with Crippen molar-refractivity contribution in [3.05, 3.63) is 95.1 Å². The van der Waals surface area contributed by atoms with Crippen LogP contribution in [-0.4, -0.2) is 33.0 Å². The van der Waals surface area contributed by atoms with Crippen LogP contribution in [-0.2, 0) is 19.3 Å². The van der Waals surface area contributed by atoms with Crippen LogP contribution < -0.4 is 5.32 Å². The quantitative estimate of drug-likeness (QED) is 0.205. The zero-order valence-electron chi connectivity index (χ0n) is 19.0. The van der Waals surface area contributed by atoms with Gasteiger partial charge >= 0.3 is 0 Å². The van der Waals surface area contributed by atoms with Crippen molar-refractivity contribution in [2.24, 2.45) is 0 Å². The van der Waals surface area contributed by atoms with Crippen LogP contribution in [0.3, 0.4) is 0 Å². The van der Waals surface area contributed by atoms with E-state index >= 15 is 0 Å². The minimum absolute atomic E-state index is 0.0932. The fourth-order valence-electron chi connectivity index (χ4n) is 3.82. The zero-order chi connectivity index (χ0) is 23.6. The lowest BCUT2D eigenvalue weighted by Gasteiger charge is -2.20. The monoisotopic (exact) mass is 447 g/mol. The Morgan fingerprint density at radius 3 is 2.00 bits per heavy atom. The highest BCUT2D eigenvalue weighted by Crippen LogP contribution is 2.25. The highest BCUT2D eigenvalue weighted by molar-refractivity contribution is 5.40. The van der Waals surface area contributed by atoms with Crippen molar-refractivity contribution >= 4 is 0 Å². The summed E-state index contributed by atoms with van der Waals surface area (Å²) in [4.78, 5) is 0. The number of benzene rings is 3. The summed E-state index contributed by atoms with van der Waals surface area (Å²) in [6.45, 7) is 2.91. The van der Waals surface area contributed by atoms with E-state index in [0.29, 0.717) is 0 Å². The first-order valence-corrected chi connectivity index (χ1v) is 11.3. The number of allylic oxidation sites excluding steroid dienone is 1.